The zero-order valence-electron chi connectivity index (χ0n) is 10.7. The molecule has 0 fully saturated rings. The van der Waals surface area contributed by atoms with Crippen LogP contribution in [0.5, 0.6) is 0 Å². The van der Waals surface area contributed by atoms with Crippen molar-refractivity contribution in [1.29, 1.82) is 0 Å². The van der Waals surface area contributed by atoms with Crippen molar-refractivity contribution >= 4 is 30.3 Å². The van der Waals surface area contributed by atoms with E-state index in [-0.39, 0.29) is 38.3 Å². The van der Waals surface area contributed by atoms with Crippen molar-refractivity contribution in [2.24, 2.45) is 0 Å². The van der Waals surface area contributed by atoms with Gasteiger partial charge in [0.2, 0.25) is 0 Å². The Bertz CT molecular complexity index is 634. The van der Waals surface area contributed by atoms with Crippen molar-refractivity contribution in [3.8, 4) is 0 Å². The molecule has 1 amide bonds. The van der Waals surface area contributed by atoms with E-state index >= 15 is 0 Å². The summed E-state index contributed by atoms with van der Waals surface area (Å²) < 4.78 is 2.69. The second-order valence-corrected chi connectivity index (χ2v) is 7.46. The summed E-state index contributed by atoms with van der Waals surface area (Å²) in [6.07, 6.45) is 0. The SMILES string of the molecule is CC(C)(C)NC(=O)Cn1[se]c2ccccc2c1=O. The minimum atomic E-state index is -0.264. The van der Waals surface area contributed by atoms with Gasteiger partial charge >= 0.3 is 111 Å². The van der Waals surface area contributed by atoms with E-state index in [1.54, 1.807) is 3.56 Å². The van der Waals surface area contributed by atoms with Gasteiger partial charge in [-0.25, -0.2) is 0 Å². The van der Waals surface area contributed by atoms with Gasteiger partial charge in [-0.1, -0.05) is 0 Å². The number of rotatable bonds is 2. The number of nitrogens with one attached hydrogen (secondary N) is 1. The average molecular weight is 311 g/mol. The Hall–Kier alpha value is -1.32. The predicted molar refractivity (Wildman–Crippen MR) is 73.0 cm³/mol. The van der Waals surface area contributed by atoms with Crippen LogP contribution in [0.1, 0.15) is 20.8 Å². The number of benzene rings is 1. The standard InChI is InChI=1S/C13H16N2O2Se/c1-13(2,3)14-11(16)8-15-12(17)9-6-4-5-7-10(9)18-15/h4-7H,8H2,1-3H3,(H,14,16). The van der Waals surface area contributed by atoms with Gasteiger partial charge in [-0.05, 0) is 0 Å². The van der Waals surface area contributed by atoms with Crippen LogP contribution in [0.3, 0.4) is 0 Å². The van der Waals surface area contributed by atoms with E-state index in [1.807, 2.05) is 45.0 Å². The first kappa shape index (κ1) is 13.1. The predicted octanol–water partition coefficient (Wildman–Crippen LogP) is 0.973. The van der Waals surface area contributed by atoms with E-state index in [1.165, 1.54) is 0 Å². The Morgan fingerprint density at radius 3 is 2.61 bits per heavy atom. The van der Waals surface area contributed by atoms with E-state index in [2.05, 4.69) is 5.32 Å². The van der Waals surface area contributed by atoms with Gasteiger partial charge in [0, 0.05) is 0 Å². The summed E-state index contributed by atoms with van der Waals surface area (Å²) in [6, 6.07) is 7.55. The van der Waals surface area contributed by atoms with Crippen LogP contribution in [0.15, 0.2) is 29.1 Å². The Morgan fingerprint density at radius 2 is 2.00 bits per heavy atom. The molecule has 0 atom stereocenters. The van der Waals surface area contributed by atoms with E-state index in [0.29, 0.717) is 0 Å². The second-order valence-electron chi connectivity index (χ2n) is 5.23. The van der Waals surface area contributed by atoms with Crippen molar-refractivity contribution in [3.63, 3.8) is 0 Å². The molecule has 0 saturated heterocycles. The van der Waals surface area contributed by atoms with Crippen molar-refractivity contribution < 1.29 is 4.79 Å². The van der Waals surface area contributed by atoms with E-state index in [9.17, 15) is 9.59 Å². The summed E-state index contributed by atoms with van der Waals surface area (Å²) in [5.41, 5.74) is -0.297. The Balaban J connectivity index is 2.25. The molecule has 2 aromatic rings. The Kier molecular flexibility index (Phi) is 3.46. The van der Waals surface area contributed by atoms with Crippen LogP contribution in [0.25, 0.3) is 9.65 Å². The third-order valence-electron chi connectivity index (χ3n) is 2.35. The van der Waals surface area contributed by atoms with E-state index < -0.39 is 0 Å². The van der Waals surface area contributed by atoms with Gasteiger partial charge in [0.1, 0.15) is 0 Å². The van der Waals surface area contributed by atoms with Crippen LogP contribution in [-0.4, -0.2) is 29.7 Å². The summed E-state index contributed by atoms with van der Waals surface area (Å²) in [5.74, 6) is -0.106. The van der Waals surface area contributed by atoms with Gasteiger partial charge in [0.25, 0.3) is 0 Å². The quantitative estimate of drug-likeness (QED) is 0.841. The normalized spacial score (nSPS) is 11.7. The first-order chi connectivity index (χ1) is 8.37. The third kappa shape index (κ3) is 2.92. The molecule has 0 aliphatic rings. The van der Waals surface area contributed by atoms with Crippen molar-refractivity contribution in [2.75, 3.05) is 0 Å². The zero-order chi connectivity index (χ0) is 13.3. The van der Waals surface area contributed by atoms with Crippen molar-refractivity contribution in [1.82, 2.24) is 8.88 Å². The molecule has 2 rings (SSSR count). The first-order valence-corrected chi connectivity index (χ1v) is 7.39. The van der Waals surface area contributed by atoms with Crippen molar-refractivity contribution in [3.05, 3.63) is 34.6 Å². The van der Waals surface area contributed by atoms with Crippen LogP contribution in [0.2, 0.25) is 0 Å². The zero-order valence-corrected chi connectivity index (χ0v) is 12.4. The summed E-state index contributed by atoms with van der Waals surface area (Å²) >= 11 is -0.0805. The number of aromatic nitrogens is 1. The number of amides is 1. The van der Waals surface area contributed by atoms with Crippen LogP contribution >= 0.6 is 0 Å². The molecule has 0 saturated carbocycles. The number of hydrogen-bond acceptors (Lipinski definition) is 2. The van der Waals surface area contributed by atoms with Gasteiger partial charge in [0.05, 0.1) is 0 Å². The van der Waals surface area contributed by atoms with Gasteiger partial charge in [-0.15, -0.1) is 0 Å². The molecular formula is C13H16N2O2Se. The topological polar surface area (TPSA) is 51.1 Å². The summed E-state index contributed by atoms with van der Waals surface area (Å²) in [4.78, 5) is 23.9. The number of carbonyl (C=O) groups excluding carboxylic acids is 1. The van der Waals surface area contributed by atoms with Gasteiger partial charge < -0.3 is 0 Å². The monoisotopic (exact) mass is 312 g/mol. The molecule has 96 valence electrons. The number of carbonyl (C=O) groups is 1. The summed E-state index contributed by atoms with van der Waals surface area (Å²) in [5, 5.41) is 3.61. The Morgan fingerprint density at radius 1 is 1.33 bits per heavy atom. The van der Waals surface area contributed by atoms with E-state index in [0.717, 1.165) is 9.65 Å². The maximum absolute atomic E-state index is 12.1. The molecule has 4 nitrogen and oxygen atoms in total. The molecule has 0 aliphatic heterocycles. The summed E-state index contributed by atoms with van der Waals surface area (Å²) in [7, 11) is 0. The van der Waals surface area contributed by atoms with Gasteiger partial charge in [0.15, 0.2) is 0 Å². The van der Waals surface area contributed by atoms with Gasteiger partial charge in [-0.3, -0.25) is 0 Å². The second kappa shape index (κ2) is 4.75. The molecule has 1 N–H and O–H groups in total. The molecule has 0 radical (unpaired) electrons. The fraction of sp³-hybridized carbons (Fsp3) is 0.385. The summed E-state index contributed by atoms with van der Waals surface area (Å²) in [6.45, 7) is 5.93. The van der Waals surface area contributed by atoms with Crippen LogP contribution < -0.4 is 10.9 Å². The molecule has 0 aliphatic carbocycles. The molecule has 0 bridgehead atoms. The molecular weight excluding hydrogens is 295 g/mol. The molecule has 0 spiro atoms. The molecule has 18 heavy (non-hydrogen) atoms. The number of fused-ring (bicyclic) bond motifs is 1. The number of hydrogen-bond donors (Lipinski definition) is 1. The average Bonchev–Trinajstić information content (AvgIpc) is 2.54. The Labute approximate surface area is 112 Å². The van der Waals surface area contributed by atoms with Crippen LogP contribution in [-0.2, 0) is 11.3 Å². The molecule has 1 heterocycles. The third-order valence-corrected chi connectivity index (χ3v) is 4.59. The fourth-order valence-corrected chi connectivity index (χ4v) is 3.79. The maximum atomic E-state index is 12.1. The molecule has 1 aromatic heterocycles. The molecule has 1 aromatic carbocycles. The molecule has 0 unspecified atom stereocenters. The molecule has 5 heteroatoms. The first-order valence-electron chi connectivity index (χ1n) is 5.77. The minimum absolute atomic E-state index is 0.0327. The van der Waals surface area contributed by atoms with Gasteiger partial charge in [-0.2, -0.15) is 0 Å². The van der Waals surface area contributed by atoms with Crippen molar-refractivity contribution in [2.45, 2.75) is 32.9 Å². The van der Waals surface area contributed by atoms with Crippen LogP contribution in [0, 0.1) is 0 Å². The number of nitrogens with zero attached hydrogens (tertiary/aromatic N) is 1. The van der Waals surface area contributed by atoms with E-state index in [4.69, 9.17) is 0 Å². The van der Waals surface area contributed by atoms with Crippen LogP contribution in [0.4, 0.5) is 0 Å². The fourth-order valence-electron chi connectivity index (χ4n) is 1.71.